The number of benzene rings is 2. The van der Waals surface area contributed by atoms with E-state index < -0.39 is 0 Å². The van der Waals surface area contributed by atoms with Gasteiger partial charge in [-0.15, -0.1) is 0 Å². The summed E-state index contributed by atoms with van der Waals surface area (Å²) in [6.07, 6.45) is 4.14. The van der Waals surface area contributed by atoms with Crippen LogP contribution in [0.4, 0.5) is 10.5 Å². The van der Waals surface area contributed by atoms with Gasteiger partial charge in [-0.25, -0.2) is 4.79 Å². The Hall–Kier alpha value is -3.15. The van der Waals surface area contributed by atoms with E-state index in [1.807, 2.05) is 53.1 Å². The minimum atomic E-state index is -0.0191. The Morgan fingerprint density at radius 2 is 1.79 bits per heavy atom. The molecule has 0 aliphatic carbocycles. The first kappa shape index (κ1) is 24.5. The number of nitrogens with zero attached hydrogens (tertiary/aromatic N) is 2. The summed E-state index contributed by atoms with van der Waals surface area (Å²) in [7, 11) is 3.29. The Morgan fingerprint density at radius 1 is 1.00 bits per heavy atom. The Bertz CT molecular complexity index is 973. The van der Waals surface area contributed by atoms with Gasteiger partial charge < -0.3 is 19.1 Å². The first-order chi connectivity index (χ1) is 16.0. The maximum Gasteiger partial charge on any atom is 0.324 e. The van der Waals surface area contributed by atoms with Crippen molar-refractivity contribution in [2.75, 3.05) is 38.8 Å². The van der Waals surface area contributed by atoms with E-state index in [1.54, 1.807) is 14.2 Å². The monoisotopic (exact) mass is 452 g/mol. The molecule has 0 saturated carbocycles. The van der Waals surface area contributed by atoms with Gasteiger partial charge in [-0.05, 0) is 43.5 Å². The number of allylic oxidation sites excluding steroid dienone is 1. The fourth-order valence-corrected chi connectivity index (χ4v) is 3.99. The normalized spacial score (nSPS) is 13.8. The molecule has 2 amide bonds. The minimum Gasteiger partial charge on any atom is -0.496 e. The lowest BCUT2D eigenvalue weighted by molar-refractivity contribution is 0.191. The third-order valence-corrected chi connectivity index (χ3v) is 5.92. The van der Waals surface area contributed by atoms with Crippen molar-refractivity contribution < 1.29 is 19.0 Å². The second kappa shape index (κ2) is 11.6. The third kappa shape index (κ3) is 6.01. The van der Waals surface area contributed by atoms with Gasteiger partial charge in [0, 0.05) is 30.4 Å². The van der Waals surface area contributed by atoms with Gasteiger partial charge in [0.15, 0.2) is 11.5 Å². The van der Waals surface area contributed by atoms with Crippen molar-refractivity contribution in [3.63, 3.8) is 0 Å². The molecule has 0 N–H and O–H groups in total. The zero-order chi connectivity index (χ0) is 23.8. The highest BCUT2D eigenvalue weighted by Crippen LogP contribution is 2.34. The van der Waals surface area contributed by atoms with Crippen molar-refractivity contribution in [1.82, 2.24) is 4.90 Å². The molecule has 178 valence electrons. The van der Waals surface area contributed by atoms with Crippen molar-refractivity contribution in [2.45, 2.75) is 46.1 Å². The maximum atomic E-state index is 13.4. The predicted octanol–water partition coefficient (Wildman–Crippen LogP) is 6.14. The molecule has 1 heterocycles. The van der Waals surface area contributed by atoms with Gasteiger partial charge in [0.05, 0.1) is 27.4 Å². The molecule has 0 unspecified atom stereocenters. The SMILES string of the molecule is C=C(C)c1ccc(CN2CCCN(c3ccc(OC)c(OCCCCC)c3)C2=O)c(OC)c1. The summed E-state index contributed by atoms with van der Waals surface area (Å²) in [5.74, 6) is 2.12. The van der Waals surface area contributed by atoms with E-state index in [1.165, 1.54) is 0 Å². The van der Waals surface area contributed by atoms with E-state index in [9.17, 15) is 4.79 Å². The van der Waals surface area contributed by atoms with E-state index in [-0.39, 0.29) is 6.03 Å². The molecule has 0 atom stereocenters. The van der Waals surface area contributed by atoms with Gasteiger partial charge >= 0.3 is 6.03 Å². The zero-order valence-corrected chi connectivity index (χ0v) is 20.4. The van der Waals surface area contributed by atoms with Crippen LogP contribution in [-0.2, 0) is 6.54 Å². The number of amides is 2. The van der Waals surface area contributed by atoms with E-state index >= 15 is 0 Å². The first-order valence-electron chi connectivity index (χ1n) is 11.7. The molecule has 0 radical (unpaired) electrons. The van der Waals surface area contributed by atoms with Crippen LogP contribution >= 0.6 is 0 Å². The Labute approximate surface area is 197 Å². The molecule has 0 bridgehead atoms. The standard InChI is InChI=1S/C27H36N2O4/c1-6-7-8-16-33-26-18-23(12-13-24(26)31-4)29-15-9-14-28(27(29)30)19-22-11-10-21(20(2)3)17-25(22)32-5/h10-13,17-18H,2,6-9,14-16,19H2,1,3-5H3. The van der Waals surface area contributed by atoms with Crippen LogP contribution in [0.3, 0.4) is 0 Å². The average molecular weight is 453 g/mol. The van der Waals surface area contributed by atoms with Crippen LogP contribution in [-0.4, -0.2) is 44.8 Å². The second-order valence-corrected chi connectivity index (χ2v) is 8.41. The summed E-state index contributed by atoms with van der Waals surface area (Å²) in [5, 5.41) is 0. The Kier molecular flexibility index (Phi) is 8.64. The molecule has 3 rings (SSSR count). The largest absolute Gasteiger partial charge is 0.496 e. The number of carbonyl (C=O) groups excluding carboxylic acids is 1. The van der Waals surface area contributed by atoms with Crippen LogP contribution in [0, 0.1) is 0 Å². The maximum absolute atomic E-state index is 13.4. The summed E-state index contributed by atoms with van der Waals surface area (Å²) in [5.41, 5.74) is 3.81. The van der Waals surface area contributed by atoms with Crippen LogP contribution in [0.25, 0.3) is 5.57 Å². The molecule has 2 aromatic carbocycles. The van der Waals surface area contributed by atoms with Gasteiger partial charge in [-0.1, -0.05) is 44.1 Å². The van der Waals surface area contributed by atoms with Crippen LogP contribution < -0.4 is 19.1 Å². The lowest BCUT2D eigenvalue weighted by atomic mass is 10.0. The molecule has 6 nitrogen and oxygen atoms in total. The quantitative estimate of drug-likeness (QED) is 0.384. The highest BCUT2D eigenvalue weighted by molar-refractivity contribution is 5.93. The van der Waals surface area contributed by atoms with Crippen molar-refractivity contribution >= 4 is 17.3 Å². The number of unbranched alkanes of at least 4 members (excludes halogenated alkanes) is 2. The number of hydrogen-bond donors (Lipinski definition) is 0. The average Bonchev–Trinajstić information content (AvgIpc) is 2.83. The van der Waals surface area contributed by atoms with Crippen molar-refractivity contribution in [3.05, 3.63) is 54.1 Å². The van der Waals surface area contributed by atoms with E-state index in [2.05, 4.69) is 13.5 Å². The van der Waals surface area contributed by atoms with Crippen LogP contribution in [0.5, 0.6) is 17.2 Å². The summed E-state index contributed by atoms with van der Waals surface area (Å²) >= 11 is 0. The summed E-state index contributed by atoms with van der Waals surface area (Å²) in [4.78, 5) is 17.1. The summed E-state index contributed by atoms with van der Waals surface area (Å²) < 4.78 is 17.0. The van der Waals surface area contributed by atoms with Crippen molar-refractivity contribution in [3.8, 4) is 17.2 Å². The molecule has 1 aliphatic rings. The number of urea groups is 1. The smallest absolute Gasteiger partial charge is 0.324 e. The Balaban J connectivity index is 1.77. The summed E-state index contributed by atoms with van der Waals surface area (Å²) in [6.45, 7) is 10.6. The van der Waals surface area contributed by atoms with Gasteiger partial charge in [-0.3, -0.25) is 4.90 Å². The molecular weight excluding hydrogens is 416 g/mol. The highest BCUT2D eigenvalue weighted by atomic mass is 16.5. The first-order valence-corrected chi connectivity index (χ1v) is 11.7. The number of carbonyl (C=O) groups is 1. The number of methoxy groups -OCH3 is 2. The molecule has 1 fully saturated rings. The number of ether oxygens (including phenoxy) is 3. The number of rotatable bonds is 11. The summed E-state index contributed by atoms with van der Waals surface area (Å²) in [6, 6.07) is 11.7. The van der Waals surface area contributed by atoms with E-state index in [0.29, 0.717) is 37.7 Å². The van der Waals surface area contributed by atoms with Gasteiger partial charge in [0.2, 0.25) is 0 Å². The molecule has 0 aromatic heterocycles. The molecule has 0 spiro atoms. The highest BCUT2D eigenvalue weighted by Gasteiger charge is 2.28. The second-order valence-electron chi connectivity index (χ2n) is 8.41. The van der Waals surface area contributed by atoms with Crippen LogP contribution in [0.2, 0.25) is 0 Å². The molecular formula is C27H36N2O4. The minimum absolute atomic E-state index is 0.0191. The molecule has 6 heteroatoms. The number of hydrogen-bond acceptors (Lipinski definition) is 4. The molecule has 2 aromatic rings. The fourth-order valence-electron chi connectivity index (χ4n) is 3.99. The van der Waals surface area contributed by atoms with Crippen LogP contribution in [0.1, 0.15) is 50.7 Å². The zero-order valence-electron chi connectivity index (χ0n) is 20.4. The van der Waals surface area contributed by atoms with Crippen LogP contribution in [0.15, 0.2) is 43.0 Å². The fraction of sp³-hybridized carbons (Fsp3) is 0.444. The van der Waals surface area contributed by atoms with Gasteiger partial charge in [-0.2, -0.15) is 0 Å². The topological polar surface area (TPSA) is 51.2 Å². The molecule has 1 aliphatic heterocycles. The number of anilines is 1. The van der Waals surface area contributed by atoms with E-state index in [4.69, 9.17) is 14.2 Å². The third-order valence-electron chi connectivity index (χ3n) is 5.92. The lowest BCUT2D eigenvalue weighted by Gasteiger charge is -2.36. The van der Waals surface area contributed by atoms with Crippen molar-refractivity contribution in [1.29, 1.82) is 0 Å². The predicted molar refractivity (Wildman–Crippen MR) is 133 cm³/mol. The van der Waals surface area contributed by atoms with Gasteiger partial charge in [0.1, 0.15) is 5.75 Å². The molecule has 33 heavy (non-hydrogen) atoms. The molecule has 1 saturated heterocycles. The van der Waals surface area contributed by atoms with E-state index in [0.717, 1.165) is 53.8 Å². The lowest BCUT2D eigenvalue weighted by Crippen LogP contribution is -2.49. The van der Waals surface area contributed by atoms with Gasteiger partial charge in [0.25, 0.3) is 0 Å². The Morgan fingerprint density at radius 3 is 2.48 bits per heavy atom. The van der Waals surface area contributed by atoms with Crippen molar-refractivity contribution in [2.24, 2.45) is 0 Å².